The van der Waals surface area contributed by atoms with E-state index in [1.807, 2.05) is 23.5 Å². The number of hydrogen-bond donors (Lipinski definition) is 0. The maximum atomic E-state index is 5.27. The van der Waals surface area contributed by atoms with Gasteiger partial charge < -0.3 is 4.74 Å². The second-order valence-electron chi connectivity index (χ2n) is 6.87. The lowest BCUT2D eigenvalue weighted by Crippen LogP contribution is -2.07. The van der Waals surface area contributed by atoms with Crippen molar-refractivity contribution in [3.05, 3.63) is 53.4 Å². The Morgan fingerprint density at radius 1 is 0.909 bits per heavy atom. The number of rotatable bonds is 3. The van der Waals surface area contributed by atoms with Crippen LogP contribution in [0.15, 0.2) is 48.5 Å². The van der Waals surface area contributed by atoms with Crippen molar-refractivity contribution >= 4 is 22.1 Å². The highest BCUT2D eigenvalue weighted by Crippen LogP contribution is 2.41. The molecule has 0 radical (unpaired) electrons. The second kappa shape index (κ2) is 5.77. The van der Waals surface area contributed by atoms with Crippen molar-refractivity contribution in [2.45, 2.75) is 27.2 Å². The summed E-state index contributed by atoms with van der Waals surface area (Å²) in [6.07, 6.45) is 1.11. The molecule has 0 saturated carbocycles. The summed E-state index contributed by atoms with van der Waals surface area (Å²) in [6, 6.07) is 17.1. The SMILES string of the molecule is COc1ccc(-c2sc(CC(C)(C)C)c3ccccc23)cc1. The minimum Gasteiger partial charge on any atom is -0.497 e. The predicted octanol–water partition coefficient (Wildman–Crippen LogP) is 6.17. The molecule has 0 saturated heterocycles. The van der Waals surface area contributed by atoms with Gasteiger partial charge in [0.15, 0.2) is 0 Å². The molecule has 0 aliphatic heterocycles. The van der Waals surface area contributed by atoms with Crippen molar-refractivity contribution in [3.63, 3.8) is 0 Å². The van der Waals surface area contributed by atoms with Gasteiger partial charge in [0.05, 0.1) is 7.11 Å². The number of benzene rings is 2. The average molecular weight is 310 g/mol. The maximum absolute atomic E-state index is 5.27. The number of thiophene rings is 1. The van der Waals surface area contributed by atoms with Crippen LogP contribution in [0.5, 0.6) is 5.75 Å². The molecule has 0 aliphatic carbocycles. The van der Waals surface area contributed by atoms with Crippen molar-refractivity contribution in [2.75, 3.05) is 7.11 Å². The third-order valence-electron chi connectivity index (χ3n) is 3.74. The fourth-order valence-corrected chi connectivity index (χ4v) is 4.31. The molecule has 3 aromatic rings. The third kappa shape index (κ3) is 3.02. The van der Waals surface area contributed by atoms with Crippen molar-refractivity contribution in [2.24, 2.45) is 5.41 Å². The molecule has 1 heterocycles. The van der Waals surface area contributed by atoms with Crippen LogP contribution in [0.1, 0.15) is 25.6 Å². The van der Waals surface area contributed by atoms with E-state index in [0.29, 0.717) is 5.41 Å². The van der Waals surface area contributed by atoms with Crippen LogP contribution in [0, 0.1) is 5.41 Å². The predicted molar refractivity (Wildman–Crippen MR) is 97.0 cm³/mol. The largest absolute Gasteiger partial charge is 0.497 e. The molecule has 22 heavy (non-hydrogen) atoms. The highest BCUT2D eigenvalue weighted by atomic mass is 32.1. The Morgan fingerprint density at radius 3 is 2.14 bits per heavy atom. The molecule has 0 atom stereocenters. The Hall–Kier alpha value is -1.80. The summed E-state index contributed by atoms with van der Waals surface area (Å²) >= 11 is 1.93. The molecule has 1 aromatic heterocycles. The fraction of sp³-hybridized carbons (Fsp3) is 0.300. The number of ether oxygens (including phenoxy) is 1. The summed E-state index contributed by atoms with van der Waals surface area (Å²) < 4.78 is 5.27. The molecule has 0 spiro atoms. The third-order valence-corrected chi connectivity index (χ3v) is 5.01. The number of fused-ring (bicyclic) bond motifs is 1. The van der Waals surface area contributed by atoms with E-state index in [1.165, 1.54) is 26.1 Å². The van der Waals surface area contributed by atoms with Gasteiger partial charge in [-0.15, -0.1) is 11.3 Å². The monoisotopic (exact) mass is 310 g/mol. The van der Waals surface area contributed by atoms with Gasteiger partial charge in [0.25, 0.3) is 0 Å². The molecule has 2 aromatic carbocycles. The number of hydrogen-bond acceptors (Lipinski definition) is 2. The Morgan fingerprint density at radius 2 is 1.55 bits per heavy atom. The molecule has 0 bridgehead atoms. The first-order valence-electron chi connectivity index (χ1n) is 7.63. The molecule has 0 aliphatic rings. The van der Waals surface area contributed by atoms with Gasteiger partial charge in [0.1, 0.15) is 5.75 Å². The van der Waals surface area contributed by atoms with E-state index in [2.05, 4.69) is 57.2 Å². The Balaban J connectivity index is 2.13. The van der Waals surface area contributed by atoms with Crippen LogP contribution in [-0.4, -0.2) is 7.11 Å². The van der Waals surface area contributed by atoms with E-state index in [1.54, 1.807) is 7.11 Å². The van der Waals surface area contributed by atoms with E-state index < -0.39 is 0 Å². The molecule has 114 valence electrons. The minimum atomic E-state index is 0.296. The zero-order valence-electron chi connectivity index (χ0n) is 13.6. The van der Waals surface area contributed by atoms with Gasteiger partial charge in [-0.3, -0.25) is 0 Å². The summed E-state index contributed by atoms with van der Waals surface area (Å²) in [4.78, 5) is 2.84. The summed E-state index contributed by atoms with van der Waals surface area (Å²) in [5.41, 5.74) is 1.56. The molecule has 0 unspecified atom stereocenters. The van der Waals surface area contributed by atoms with E-state index in [-0.39, 0.29) is 0 Å². The average Bonchev–Trinajstić information content (AvgIpc) is 2.85. The van der Waals surface area contributed by atoms with Crippen molar-refractivity contribution in [1.82, 2.24) is 0 Å². The molecule has 3 rings (SSSR count). The Labute approximate surface area is 136 Å². The normalized spacial score (nSPS) is 11.8. The topological polar surface area (TPSA) is 9.23 Å². The number of methoxy groups -OCH3 is 1. The quantitative estimate of drug-likeness (QED) is 0.562. The molecule has 2 heteroatoms. The summed E-state index contributed by atoms with van der Waals surface area (Å²) in [6.45, 7) is 6.90. The van der Waals surface area contributed by atoms with Crippen molar-refractivity contribution in [3.8, 4) is 16.2 Å². The maximum Gasteiger partial charge on any atom is 0.118 e. The summed E-state index contributed by atoms with van der Waals surface area (Å²) in [5.74, 6) is 0.902. The molecule has 0 N–H and O–H groups in total. The molecule has 0 amide bonds. The van der Waals surface area contributed by atoms with Crippen LogP contribution >= 0.6 is 11.3 Å². The first-order valence-corrected chi connectivity index (χ1v) is 8.44. The van der Waals surface area contributed by atoms with Crippen LogP contribution < -0.4 is 4.74 Å². The Kier molecular flexibility index (Phi) is 3.96. The molecular weight excluding hydrogens is 288 g/mol. The van der Waals surface area contributed by atoms with Gasteiger partial charge in [-0.25, -0.2) is 0 Å². The van der Waals surface area contributed by atoms with Crippen LogP contribution in [0.2, 0.25) is 0 Å². The van der Waals surface area contributed by atoms with Crippen LogP contribution in [0.4, 0.5) is 0 Å². The Bertz CT molecular complexity index is 776. The van der Waals surface area contributed by atoms with E-state index >= 15 is 0 Å². The molecule has 0 fully saturated rings. The van der Waals surface area contributed by atoms with Crippen molar-refractivity contribution in [1.29, 1.82) is 0 Å². The second-order valence-corrected chi connectivity index (χ2v) is 7.97. The van der Waals surface area contributed by atoms with Gasteiger partial charge in [-0.05, 0) is 47.1 Å². The first kappa shape index (κ1) is 15.1. The minimum absolute atomic E-state index is 0.296. The van der Waals surface area contributed by atoms with E-state index in [0.717, 1.165) is 12.2 Å². The molecule has 1 nitrogen and oxygen atoms in total. The zero-order valence-corrected chi connectivity index (χ0v) is 14.5. The van der Waals surface area contributed by atoms with Gasteiger partial charge >= 0.3 is 0 Å². The summed E-state index contributed by atoms with van der Waals surface area (Å²) in [7, 11) is 1.71. The first-order chi connectivity index (χ1) is 10.5. The lowest BCUT2D eigenvalue weighted by atomic mass is 9.90. The fourth-order valence-electron chi connectivity index (χ4n) is 2.73. The molecular formula is C20H22OS. The van der Waals surface area contributed by atoms with E-state index in [9.17, 15) is 0 Å². The zero-order chi connectivity index (χ0) is 15.7. The van der Waals surface area contributed by atoms with Gasteiger partial charge in [-0.1, -0.05) is 45.0 Å². The standard InChI is InChI=1S/C20H22OS/c1-20(2,3)13-18-16-7-5-6-8-17(16)19(22-18)14-9-11-15(21-4)12-10-14/h5-12H,13H2,1-4H3. The lowest BCUT2D eigenvalue weighted by molar-refractivity contribution is 0.415. The highest BCUT2D eigenvalue weighted by Gasteiger charge is 2.18. The van der Waals surface area contributed by atoms with E-state index in [4.69, 9.17) is 4.74 Å². The van der Waals surface area contributed by atoms with Gasteiger partial charge in [0, 0.05) is 15.1 Å². The highest BCUT2D eigenvalue weighted by molar-refractivity contribution is 7.17. The van der Waals surface area contributed by atoms with Crippen LogP contribution in [0.3, 0.4) is 0 Å². The lowest BCUT2D eigenvalue weighted by Gasteiger charge is -2.16. The van der Waals surface area contributed by atoms with Crippen molar-refractivity contribution < 1.29 is 4.74 Å². The smallest absolute Gasteiger partial charge is 0.118 e. The van der Waals surface area contributed by atoms with Crippen LogP contribution in [-0.2, 0) is 6.42 Å². The van der Waals surface area contributed by atoms with Crippen LogP contribution in [0.25, 0.3) is 21.2 Å². The van der Waals surface area contributed by atoms with Gasteiger partial charge in [-0.2, -0.15) is 0 Å². The summed E-state index contributed by atoms with van der Waals surface area (Å²) in [5, 5.41) is 2.75. The van der Waals surface area contributed by atoms with Gasteiger partial charge in [0.2, 0.25) is 0 Å².